The first kappa shape index (κ1) is 16.2. The molecule has 0 saturated heterocycles. The molecule has 0 amide bonds. The molecule has 2 rings (SSSR count). The number of hydrogen-bond acceptors (Lipinski definition) is 3. The van der Waals surface area contributed by atoms with E-state index in [0.29, 0.717) is 29.8 Å². The van der Waals surface area contributed by atoms with Crippen LogP contribution in [0.25, 0.3) is 0 Å². The van der Waals surface area contributed by atoms with E-state index in [1.807, 2.05) is 6.07 Å². The summed E-state index contributed by atoms with van der Waals surface area (Å²) < 4.78 is 19.7. The number of halogens is 1. The van der Waals surface area contributed by atoms with Gasteiger partial charge in [0.05, 0.1) is 7.11 Å². The third-order valence-corrected chi connectivity index (χ3v) is 4.86. The van der Waals surface area contributed by atoms with E-state index >= 15 is 0 Å². The SMILES string of the molecule is CCN(C(C)c1c(F)cccc1OC)C1CCCC1CN. The Morgan fingerprint density at radius 2 is 2.19 bits per heavy atom. The second-order valence-corrected chi connectivity index (χ2v) is 5.86. The number of nitrogens with two attached hydrogens (primary N) is 1. The van der Waals surface area contributed by atoms with E-state index in [1.54, 1.807) is 13.2 Å². The molecule has 0 heterocycles. The van der Waals surface area contributed by atoms with E-state index in [-0.39, 0.29) is 11.9 Å². The van der Waals surface area contributed by atoms with Crippen molar-refractivity contribution in [3.63, 3.8) is 0 Å². The topological polar surface area (TPSA) is 38.5 Å². The van der Waals surface area contributed by atoms with Crippen molar-refractivity contribution in [2.24, 2.45) is 11.7 Å². The van der Waals surface area contributed by atoms with E-state index in [4.69, 9.17) is 10.5 Å². The van der Waals surface area contributed by atoms with Crippen molar-refractivity contribution in [3.8, 4) is 5.75 Å². The molecule has 1 aromatic carbocycles. The average Bonchev–Trinajstić information content (AvgIpc) is 2.95. The molecule has 0 spiro atoms. The highest BCUT2D eigenvalue weighted by Gasteiger charge is 2.34. The molecule has 118 valence electrons. The van der Waals surface area contributed by atoms with Gasteiger partial charge in [-0.15, -0.1) is 0 Å². The Morgan fingerprint density at radius 1 is 1.43 bits per heavy atom. The molecule has 0 aromatic heterocycles. The number of rotatable bonds is 6. The molecule has 4 heteroatoms. The summed E-state index contributed by atoms with van der Waals surface area (Å²) >= 11 is 0. The molecule has 3 atom stereocenters. The predicted molar refractivity (Wildman–Crippen MR) is 83.9 cm³/mol. The van der Waals surface area contributed by atoms with Crippen LogP contribution < -0.4 is 10.5 Å². The molecule has 1 fully saturated rings. The van der Waals surface area contributed by atoms with Crippen molar-refractivity contribution in [1.82, 2.24) is 4.90 Å². The summed E-state index contributed by atoms with van der Waals surface area (Å²) in [5, 5.41) is 0. The minimum Gasteiger partial charge on any atom is -0.496 e. The Kier molecular flexibility index (Phi) is 5.59. The van der Waals surface area contributed by atoms with Gasteiger partial charge in [0.25, 0.3) is 0 Å². The largest absolute Gasteiger partial charge is 0.496 e. The summed E-state index contributed by atoms with van der Waals surface area (Å²) in [7, 11) is 1.60. The standard InChI is InChI=1S/C17H27FN2O/c1-4-20(15-9-5-7-13(15)11-19)12(2)17-14(18)8-6-10-16(17)21-3/h6,8,10,12-13,15H,4-5,7,9,11,19H2,1-3H3. The number of hydrogen-bond donors (Lipinski definition) is 1. The maximum Gasteiger partial charge on any atom is 0.131 e. The number of benzene rings is 1. The lowest BCUT2D eigenvalue weighted by atomic mass is 9.97. The van der Waals surface area contributed by atoms with Gasteiger partial charge in [0.1, 0.15) is 11.6 Å². The first-order valence-electron chi connectivity index (χ1n) is 7.92. The molecule has 1 saturated carbocycles. The van der Waals surface area contributed by atoms with Gasteiger partial charge in [0.15, 0.2) is 0 Å². The molecule has 0 bridgehead atoms. The zero-order valence-corrected chi connectivity index (χ0v) is 13.3. The van der Waals surface area contributed by atoms with E-state index in [0.717, 1.165) is 13.0 Å². The predicted octanol–water partition coefficient (Wildman–Crippen LogP) is 3.34. The Bertz CT molecular complexity index is 466. The Hall–Kier alpha value is -1.13. The highest BCUT2D eigenvalue weighted by Crippen LogP contribution is 2.37. The fourth-order valence-electron chi connectivity index (χ4n) is 3.79. The maximum absolute atomic E-state index is 14.3. The minimum atomic E-state index is -0.192. The van der Waals surface area contributed by atoms with Gasteiger partial charge in [0, 0.05) is 17.6 Å². The lowest BCUT2D eigenvalue weighted by Gasteiger charge is -2.37. The third kappa shape index (κ3) is 3.22. The Labute approximate surface area is 127 Å². The molecular formula is C17H27FN2O. The molecule has 0 radical (unpaired) electrons. The summed E-state index contributed by atoms with van der Waals surface area (Å²) in [5.74, 6) is 0.955. The van der Waals surface area contributed by atoms with E-state index in [1.165, 1.54) is 18.9 Å². The van der Waals surface area contributed by atoms with Crippen LogP contribution in [0.2, 0.25) is 0 Å². The quantitative estimate of drug-likeness (QED) is 0.874. The van der Waals surface area contributed by atoms with Crippen molar-refractivity contribution in [2.75, 3.05) is 20.2 Å². The van der Waals surface area contributed by atoms with Gasteiger partial charge in [-0.25, -0.2) is 4.39 Å². The van der Waals surface area contributed by atoms with Crippen LogP contribution in [0.5, 0.6) is 5.75 Å². The first-order chi connectivity index (χ1) is 10.1. The molecule has 21 heavy (non-hydrogen) atoms. The monoisotopic (exact) mass is 294 g/mol. The van der Waals surface area contributed by atoms with Crippen LogP contribution in [-0.2, 0) is 0 Å². The maximum atomic E-state index is 14.3. The highest BCUT2D eigenvalue weighted by molar-refractivity contribution is 5.37. The van der Waals surface area contributed by atoms with Crippen LogP contribution in [0, 0.1) is 11.7 Å². The zero-order chi connectivity index (χ0) is 15.4. The Morgan fingerprint density at radius 3 is 2.81 bits per heavy atom. The highest BCUT2D eigenvalue weighted by atomic mass is 19.1. The molecule has 1 aliphatic carbocycles. The first-order valence-corrected chi connectivity index (χ1v) is 7.92. The van der Waals surface area contributed by atoms with Crippen LogP contribution in [0.3, 0.4) is 0 Å². The number of ether oxygens (including phenoxy) is 1. The summed E-state index contributed by atoms with van der Waals surface area (Å²) in [6.07, 6.45) is 3.54. The van der Waals surface area contributed by atoms with Gasteiger partial charge in [-0.1, -0.05) is 19.4 Å². The molecule has 0 aliphatic heterocycles. The van der Waals surface area contributed by atoms with Crippen molar-refractivity contribution in [3.05, 3.63) is 29.6 Å². The second kappa shape index (κ2) is 7.23. The Balaban J connectivity index is 2.30. The van der Waals surface area contributed by atoms with Gasteiger partial charge >= 0.3 is 0 Å². The fraction of sp³-hybridized carbons (Fsp3) is 0.647. The summed E-state index contributed by atoms with van der Waals surface area (Å²) in [4.78, 5) is 2.38. The average molecular weight is 294 g/mol. The second-order valence-electron chi connectivity index (χ2n) is 5.86. The summed E-state index contributed by atoms with van der Waals surface area (Å²) in [6, 6.07) is 5.47. The van der Waals surface area contributed by atoms with E-state index in [9.17, 15) is 4.39 Å². The van der Waals surface area contributed by atoms with Crippen LogP contribution in [0.4, 0.5) is 4.39 Å². The number of nitrogens with zero attached hydrogens (tertiary/aromatic N) is 1. The third-order valence-electron chi connectivity index (χ3n) is 4.86. The lowest BCUT2D eigenvalue weighted by Crippen LogP contribution is -2.42. The van der Waals surface area contributed by atoms with Crippen LogP contribution in [0.1, 0.15) is 44.7 Å². The lowest BCUT2D eigenvalue weighted by molar-refractivity contribution is 0.119. The van der Waals surface area contributed by atoms with Gasteiger partial charge in [-0.3, -0.25) is 4.90 Å². The van der Waals surface area contributed by atoms with E-state index in [2.05, 4.69) is 18.7 Å². The van der Waals surface area contributed by atoms with Gasteiger partial charge in [-0.05, 0) is 50.9 Å². The van der Waals surface area contributed by atoms with Crippen molar-refractivity contribution < 1.29 is 9.13 Å². The van der Waals surface area contributed by atoms with Gasteiger partial charge in [-0.2, -0.15) is 0 Å². The zero-order valence-electron chi connectivity index (χ0n) is 13.3. The normalized spacial score (nSPS) is 23.5. The molecule has 3 nitrogen and oxygen atoms in total. The van der Waals surface area contributed by atoms with Gasteiger partial charge < -0.3 is 10.5 Å². The van der Waals surface area contributed by atoms with Gasteiger partial charge in [0.2, 0.25) is 0 Å². The molecular weight excluding hydrogens is 267 g/mol. The fourth-order valence-corrected chi connectivity index (χ4v) is 3.79. The number of methoxy groups -OCH3 is 1. The van der Waals surface area contributed by atoms with Crippen molar-refractivity contribution in [2.45, 2.75) is 45.2 Å². The van der Waals surface area contributed by atoms with Crippen molar-refractivity contribution >= 4 is 0 Å². The smallest absolute Gasteiger partial charge is 0.131 e. The molecule has 3 unspecified atom stereocenters. The molecule has 1 aliphatic rings. The summed E-state index contributed by atoms with van der Waals surface area (Å²) in [6.45, 7) is 5.80. The summed E-state index contributed by atoms with van der Waals surface area (Å²) in [5.41, 5.74) is 6.57. The van der Waals surface area contributed by atoms with Crippen molar-refractivity contribution in [1.29, 1.82) is 0 Å². The van der Waals surface area contributed by atoms with Crippen LogP contribution in [-0.4, -0.2) is 31.1 Å². The minimum absolute atomic E-state index is 0.0108. The molecule has 1 aromatic rings. The van der Waals surface area contributed by atoms with Crippen LogP contribution in [0.15, 0.2) is 18.2 Å². The van der Waals surface area contributed by atoms with E-state index < -0.39 is 0 Å². The molecule has 2 N–H and O–H groups in total. The van der Waals surface area contributed by atoms with Crippen LogP contribution >= 0.6 is 0 Å².